The van der Waals surface area contributed by atoms with Crippen molar-refractivity contribution in [2.75, 3.05) is 6.61 Å². The molecule has 0 bridgehead atoms. The average Bonchev–Trinajstić information content (AvgIpc) is 2.32. The standard InChI is InChI=1S/C16H26O3/c1-6-19-16(18)15(9-7-8-12(2)3)14(10-11-17)13(4)5/h11,14-15H,2,4,6-10H2,1,3,5H3/t14-,15?/m1/s1. The maximum absolute atomic E-state index is 12.0. The van der Waals surface area contributed by atoms with Crippen LogP contribution in [0.4, 0.5) is 0 Å². The highest BCUT2D eigenvalue weighted by Gasteiger charge is 2.29. The van der Waals surface area contributed by atoms with Gasteiger partial charge in [-0.3, -0.25) is 4.79 Å². The molecule has 0 radical (unpaired) electrons. The molecule has 1 unspecified atom stereocenters. The van der Waals surface area contributed by atoms with Gasteiger partial charge in [0.15, 0.2) is 0 Å². The van der Waals surface area contributed by atoms with Crippen LogP contribution in [-0.2, 0) is 14.3 Å². The summed E-state index contributed by atoms with van der Waals surface area (Å²) in [7, 11) is 0. The van der Waals surface area contributed by atoms with Crippen LogP contribution in [0.5, 0.6) is 0 Å². The number of hydrogen-bond donors (Lipinski definition) is 0. The molecule has 0 aliphatic carbocycles. The lowest BCUT2D eigenvalue weighted by Crippen LogP contribution is -2.27. The predicted molar refractivity (Wildman–Crippen MR) is 77.8 cm³/mol. The maximum atomic E-state index is 12.0. The van der Waals surface area contributed by atoms with E-state index in [1.54, 1.807) is 6.92 Å². The van der Waals surface area contributed by atoms with E-state index in [4.69, 9.17) is 4.74 Å². The zero-order valence-electron chi connectivity index (χ0n) is 12.4. The Kier molecular flexibility index (Phi) is 8.84. The molecule has 0 heterocycles. The van der Waals surface area contributed by atoms with Crippen molar-refractivity contribution in [2.24, 2.45) is 11.8 Å². The number of ether oxygens (including phenoxy) is 1. The molecule has 0 aromatic rings. The summed E-state index contributed by atoms with van der Waals surface area (Å²) in [5, 5.41) is 0. The van der Waals surface area contributed by atoms with Crippen molar-refractivity contribution in [3.05, 3.63) is 24.3 Å². The monoisotopic (exact) mass is 266 g/mol. The van der Waals surface area contributed by atoms with Gasteiger partial charge < -0.3 is 9.53 Å². The summed E-state index contributed by atoms with van der Waals surface area (Å²) in [5.74, 6) is -0.622. The summed E-state index contributed by atoms with van der Waals surface area (Å²) < 4.78 is 5.12. The third-order valence-electron chi connectivity index (χ3n) is 3.18. The number of esters is 1. The molecule has 0 amide bonds. The number of rotatable bonds is 10. The van der Waals surface area contributed by atoms with Crippen LogP contribution in [-0.4, -0.2) is 18.9 Å². The molecule has 0 N–H and O–H groups in total. The molecule has 0 spiro atoms. The van der Waals surface area contributed by atoms with Gasteiger partial charge in [0.1, 0.15) is 6.29 Å². The van der Waals surface area contributed by atoms with Gasteiger partial charge >= 0.3 is 5.97 Å². The van der Waals surface area contributed by atoms with E-state index in [-0.39, 0.29) is 17.8 Å². The minimum absolute atomic E-state index is 0.123. The topological polar surface area (TPSA) is 43.4 Å². The van der Waals surface area contributed by atoms with Gasteiger partial charge in [-0.05, 0) is 46.0 Å². The number of hydrogen-bond acceptors (Lipinski definition) is 3. The lowest BCUT2D eigenvalue weighted by molar-refractivity contribution is -0.150. The summed E-state index contributed by atoms with van der Waals surface area (Å²) >= 11 is 0. The Hall–Kier alpha value is -1.38. The van der Waals surface area contributed by atoms with E-state index < -0.39 is 0 Å². The van der Waals surface area contributed by atoms with Gasteiger partial charge in [-0.1, -0.05) is 17.7 Å². The molecule has 0 saturated carbocycles. The van der Waals surface area contributed by atoms with E-state index in [1.807, 2.05) is 13.8 Å². The zero-order valence-corrected chi connectivity index (χ0v) is 12.4. The molecule has 0 saturated heterocycles. The second kappa shape index (κ2) is 9.54. The van der Waals surface area contributed by atoms with Gasteiger partial charge in [0.2, 0.25) is 0 Å². The lowest BCUT2D eigenvalue weighted by atomic mass is 9.81. The van der Waals surface area contributed by atoms with Crippen molar-refractivity contribution in [2.45, 2.75) is 46.5 Å². The fourth-order valence-electron chi connectivity index (χ4n) is 2.17. The normalized spacial score (nSPS) is 13.4. The second-order valence-corrected chi connectivity index (χ2v) is 5.06. The Morgan fingerprint density at radius 1 is 1.26 bits per heavy atom. The number of carbonyl (C=O) groups is 2. The SMILES string of the molecule is C=C(C)CCCC(C(=O)OCC)[C@H](CC=O)C(=C)C. The molecular weight excluding hydrogens is 240 g/mol. The maximum Gasteiger partial charge on any atom is 0.309 e. The summed E-state index contributed by atoms with van der Waals surface area (Å²) in [5.41, 5.74) is 1.96. The fourth-order valence-corrected chi connectivity index (χ4v) is 2.17. The highest BCUT2D eigenvalue weighted by Crippen LogP contribution is 2.28. The highest BCUT2D eigenvalue weighted by molar-refractivity contribution is 5.74. The first-order valence-corrected chi connectivity index (χ1v) is 6.84. The first-order valence-electron chi connectivity index (χ1n) is 6.84. The van der Waals surface area contributed by atoms with Crippen molar-refractivity contribution in [1.29, 1.82) is 0 Å². The largest absolute Gasteiger partial charge is 0.466 e. The molecule has 0 aliphatic rings. The molecule has 19 heavy (non-hydrogen) atoms. The molecule has 3 heteroatoms. The molecule has 0 aliphatic heterocycles. The molecule has 0 aromatic heterocycles. The predicted octanol–water partition coefficient (Wildman–Crippen LogP) is 3.69. The van der Waals surface area contributed by atoms with Gasteiger partial charge in [-0.25, -0.2) is 0 Å². The third kappa shape index (κ3) is 6.94. The van der Waals surface area contributed by atoms with Crippen LogP contribution in [0.15, 0.2) is 24.3 Å². The van der Waals surface area contributed by atoms with Crippen molar-refractivity contribution in [3.8, 4) is 0 Å². The number of carbonyl (C=O) groups excluding carboxylic acids is 2. The molecule has 3 nitrogen and oxygen atoms in total. The van der Waals surface area contributed by atoms with E-state index >= 15 is 0 Å². The molecular formula is C16H26O3. The Labute approximate surface area is 116 Å². The van der Waals surface area contributed by atoms with Gasteiger partial charge in [0, 0.05) is 6.42 Å². The average molecular weight is 266 g/mol. The Morgan fingerprint density at radius 3 is 2.32 bits per heavy atom. The molecule has 0 fully saturated rings. The van der Waals surface area contributed by atoms with Crippen LogP contribution >= 0.6 is 0 Å². The second-order valence-electron chi connectivity index (χ2n) is 5.06. The van der Waals surface area contributed by atoms with Gasteiger partial charge in [0.05, 0.1) is 12.5 Å². The van der Waals surface area contributed by atoms with E-state index in [9.17, 15) is 9.59 Å². The minimum atomic E-state index is -0.276. The van der Waals surface area contributed by atoms with Gasteiger partial charge in [-0.15, -0.1) is 6.58 Å². The van der Waals surface area contributed by atoms with Crippen molar-refractivity contribution in [3.63, 3.8) is 0 Å². The molecule has 0 rings (SSSR count). The summed E-state index contributed by atoms with van der Waals surface area (Å²) in [6.45, 7) is 13.7. The summed E-state index contributed by atoms with van der Waals surface area (Å²) in [4.78, 5) is 22.8. The van der Waals surface area contributed by atoms with Crippen LogP contribution in [0.2, 0.25) is 0 Å². The fraction of sp³-hybridized carbons (Fsp3) is 0.625. The zero-order chi connectivity index (χ0) is 14.8. The highest BCUT2D eigenvalue weighted by atomic mass is 16.5. The smallest absolute Gasteiger partial charge is 0.309 e. The van der Waals surface area contributed by atoms with Crippen LogP contribution in [0.25, 0.3) is 0 Å². The number of aldehydes is 1. The third-order valence-corrected chi connectivity index (χ3v) is 3.18. The quantitative estimate of drug-likeness (QED) is 0.344. The van der Waals surface area contributed by atoms with Crippen molar-refractivity contribution >= 4 is 12.3 Å². The van der Waals surface area contributed by atoms with E-state index in [0.29, 0.717) is 19.4 Å². The van der Waals surface area contributed by atoms with Crippen LogP contribution in [0.3, 0.4) is 0 Å². The van der Waals surface area contributed by atoms with E-state index in [2.05, 4.69) is 13.2 Å². The summed E-state index contributed by atoms with van der Waals surface area (Å²) in [6.07, 6.45) is 3.65. The Bertz CT molecular complexity index is 331. The van der Waals surface area contributed by atoms with Crippen molar-refractivity contribution in [1.82, 2.24) is 0 Å². The van der Waals surface area contributed by atoms with Crippen LogP contribution < -0.4 is 0 Å². The Morgan fingerprint density at radius 2 is 1.89 bits per heavy atom. The molecule has 2 atom stereocenters. The lowest BCUT2D eigenvalue weighted by Gasteiger charge is -2.24. The minimum Gasteiger partial charge on any atom is -0.466 e. The van der Waals surface area contributed by atoms with Crippen LogP contribution in [0.1, 0.15) is 46.5 Å². The number of allylic oxidation sites excluding steroid dienone is 2. The summed E-state index contributed by atoms with van der Waals surface area (Å²) in [6, 6.07) is 0. The first-order chi connectivity index (χ1) is 8.93. The van der Waals surface area contributed by atoms with Gasteiger partial charge in [0.25, 0.3) is 0 Å². The van der Waals surface area contributed by atoms with E-state index in [0.717, 1.165) is 30.3 Å². The Balaban J connectivity index is 4.79. The van der Waals surface area contributed by atoms with Crippen molar-refractivity contribution < 1.29 is 14.3 Å². The molecule has 0 aromatic carbocycles. The van der Waals surface area contributed by atoms with Crippen LogP contribution in [0, 0.1) is 11.8 Å². The molecule has 108 valence electrons. The van der Waals surface area contributed by atoms with E-state index in [1.165, 1.54) is 0 Å². The van der Waals surface area contributed by atoms with Gasteiger partial charge in [-0.2, -0.15) is 0 Å². The first kappa shape index (κ1) is 17.6.